The van der Waals surface area contributed by atoms with Crippen molar-refractivity contribution in [3.63, 3.8) is 0 Å². The fraction of sp³-hybridized carbons (Fsp3) is 0.556. The second kappa shape index (κ2) is 7.21. The first-order chi connectivity index (χ1) is 11.5. The van der Waals surface area contributed by atoms with E-state index in [-0.39, 0.29) is 5.91 Å². The van der Waals surface area contributed by atoms with Crippen LogP contribution in [-0.4, -0.2) is 40.2 Å². The Morgan fingerprint density at radius 1 is 1.50 bits per heavy atom. The van der Waals surface area contributed by atoms with Crippen molar-refractivity contribution in [3.05, 3.63) is 41.6 Å². The van der Waals surface area contributed by atoms with Crippen molar-refractivity contribution in [1.82, 2.24) is 20.0 Å². The number of nitrogens with zero attached hydrogens (tertiary/aromatic N) is 3. The van der Waals surface area contributed by atoms with E-state index in [9.17, 15) is 4.79 Å². The van der Waals surface area contributed by atoms with Crippen LogP contribution < -0.4 is 5.32 Å². The number of furan rings is 1. The van der Waals surface area contributed by atoms with Crippen LogP contribution >= 0.6 is 0 Å². The molecule has 1 atom stereocenters. The molecule has 1 aliphatic rings. The zero-order valence-corrected chi connectivity index (χ0v) is 14.7. The summed E-state index contributed by atoms with van der Waals surface area (Å²) in [6, 6.07) is 2.20. The van der Waals surface area contributed by atoms with Crippen molar-refractivity contribution in [3.8, 4) is 0 Å². The summed E-state index contributed by atoms with van der Waals surface area (Å²) in [4.78, 5) is 14.5. The Bertz CT molecular complexity index is 689. The van der Waals surface area contributed by atoms with E-state index >= 15 is 0 Å². The van der Waals surface area contributed by atoms with Gasteiger partial charge in [-0.05, 0) is 45.7 Å². The lowest BCUT2D eigenvalue weighted by molar-refractivity contribution is 0.0918. The minimum atomic E-state index is -0.117. The molecule has 130 valence electrons. The predicted octanol–water partition coefficient (Wildman–Crippen LogP) is 2.62. The summed E-state index contributed by atoms with van der Waals surface area (Å²) >= 11 is 0. The summed E-state index contributed by atoms with van der Waals surface area (Å²) in [6.07, 6.45) is 6.74. The number of likely N-dealkylation sites (tertiary alicyclic amines) is 1. The lowest BCUT2D eigenvalue weighted by Crippen LogP contribution is -2.31. The summed E-state index contributed by atoms with van der Waals surface area (Å²) in [7, 11) is 0. The van der Waals surface area contributed by atoms with E-state index in [2.05, 4.69) is 35.4 Å². The van der Waals surface area contributed by atoms with E-state index in [4.69, 9.17) is 4.42 Å². The summed E-state index contributed by atoms with van der Waals surface area (Å²) in [5, 5.41) is 7.39. The maximum absolute atomic E-state index is 12.1. The van der Waals surface area contributed by atoms with Crippen LogP contribution in [0.1, 0.15) is 48.0 Å². The smallest absolute Gasteiger partial charge is 0.287 e. The minimum Gasteiger partial charge on any atom is -0.459 e. The third-order valence-electron chi connectivity index (χ3n) is 4.58. The molecule has 24 heavy (non-hydrogen) atoms. The monoisotopic (exact) mass is 330 g/mol. The largest absolute Gasteiger partial charge is 0.459 e. The number of aromatic nitrogens is 2. The standard InChI is InChI=1S/C18H26N4O2/c1-13(2)22-12-16(9-20-22)11-21-6-4-15(10-21)8-19-18(23)17-14(3)5-7-24-17/h5,7,9,12-13,15H,4,6,8,10-11H2,1-3H3,(H,19,23)/t15-/m1/s1. The number of carbonyl (C=O) groups excluding carboxylic acids is 1. The molecule has 3 heterocycles. The number of hydrogen-bond acceptors (Lipinski definition) is 4. The Morgan fingerprint density at radius 3 is 3.00 bits per heavy atom. The number of aryl methyl sites for hydroxylation is 1. The third kappa shape index (κ3) is 3.87. The van der Waals surface area contributed by atoms with Gasteiger partial charge in [-0.25, -0.2) is 0 Å². The molecule has 3 rings (SSSR count). The molecule has 0 unspecified atom stereocenters. The summed E-state index contributed by atoms with van der Waals surface area (Å²) < 4.78 is 7.23. The minimum absolute atomic E-state index is 0.117. The molecule has 2 aromatic rings. The van der Waals surface area contributed by atoms with Gasteiger partial charge in [0, 0.05) is 43.0 Å². The molecular formula is C18H26N4O2. The van der Waals surface area contributed by atoms with E-state index in [1.54, 1.807) is 6.26 Å². The van der Waals surface area contributed by atoms with Gasteiger partial charge in [-0.1, -0.05) is 0 Å². The molecule has 1 amide bonds. The molecule has 0 radical (unpaired) electrons. The van der Waals surface area contributed by atoms with Gasteiger partial charge in [0.1, 0.15) is 0 Å². The normalized spacial score (nSPS) is 18.4. The Labute approximate surface area is 142 Å². The Morgan fingerprint density at radius 2 is 2.33 bits per heavy atom. The number of carbonyl (C=O) groups is 1. The van der Waals surface area contributed by atoms with Crippen LogP contribution in [0, 0.1) is 12.8 Å². The maximum atomic E-state index is 12.1. The summed E-state index contributed by atoms with van der Waals surface area (Å²) in [6.45, 7) is 9.83. The van der Waals surface area contributed by atoms with Gasteiger partial charge in [-0.3, -0.25) is 14.4 Å². The van der Waals surface area contributed by atoms with Crippen molar-refractivity contribution >= 4 is 5.91 Å². The van der Waals surface area contributed by atoms with Crippen molar-refractivity contribution < 1.29 is 9.21 Å². The van der Waals surface area contributed by atoms with Crippen molar-refractivity contribution in [1.29, 1.82) is 0 Å². The van der Waals surface area contributed by atoms with Crippen molar-refractivity contribution in [2.45, 2.75) is 39.8 Å². The van der Waals surface area contributed by atoms with Gasteiger partial charge in [0.05, 0.1) is 12.5 Å². The Hall–Kier alpha value is -2.08. The zero-order chi connectivity index (χ0) is 17.1. The van der Waals surface area contributed by atoms with E-state index in [1.165, 1.54) is 5.56 Å². The molecule has 0 bridgehead atoms. The van der Waals surface area contributed by atoms with Crippen LogP contribution in [0.3, 0.4) is 0 Å². The topological polar surface area (TPSA) is 63.3 Å². The molecule has 1 fully saturated rings. The van der Waals surface area contributed by atoms with E-state index in [0.29, 0.717) is 24.3 Å². The van der Waals surface area contributed by atoms with Gasteiger partial charge in [-0.15, -0.1) is 0 Å². The van der Waals surface area contributed by atoms with Crippen LogP contribution in [0.25, 0.3) is 0 Å². The molecule has 2 aromatic heterocycles. The molecular weight excluding hydrogens is 304 g/mol. The maximum Gasteiger partial charge on any atom is 0.287 e. The number of nitrogens with one attached hydrogen (secondary N) is 1. The molecule has 1 N–H and O–H groups in total. The van der Waals surface area contributed by atoms with Crippen LogP contribution in [0.15, 0.2) is 29.1 Å². The lowest BCUT2D eigenvalue weighted by Gasteiger charge is -2.15. The van der Waals surface area contributed by atoms with Crippen LogP contribution in [0.2, 0.25) is 0 Å². The molecule has 1 saturated heterocycles. The predicted molar refractivity (Wildman–Crippen MR) is 91.8 cm³/mol. The molecule has 0 aliphatic carbocycles. The lowest BCUT2D eigenvalue weighted by atomic mass is 10.1. The average Bonchev–Trinajstić information content (AvgIpc) is 3.26. The summed E-state index contributed by atoms with van der Waals surface area (Å²) in [5.74, 6) is 0.796. The molecule has 1 aliphatic heterocycles. The number of hydrogen-bond donors (Lipinski definition) is 1. The number of amides is 1. The highest BCUT2D eigenvalue weighted by atomic mass is 16.3. The first kappa shape index (κ1) is 16.8. The fourth-order valence-electron chi connectivity index (χ4n) is 3.15. The van der Waals surface area contributed by atoms with E-state index in [0.717, 1.165) is 31.6 Å². The highest BCUT2D eigenvalue weighted by molar-refractivity contribution is 5.92. The molecule has 0 saturated carbocycles. The molecule has 0 aromatic carbocycles. The SMILES string of the molecule is Cc1ccoc1C(=O)NC[C@H]1CCN(Cc2cnn(C(C)C)c2)C1. The highest BCUT2D eigenvalue weighted by Crippen LogP contribution is 2.19. The second-order valence-electron chi connectivity index (χ2n) is 6.95. The van der Waals surface area contributed by atoms with Crippen LogP contribution in [0.4, 0.5) is 0 Å². The van der Waals surface area contributed by atoms with E-state index < -0.39 is 0 Å². The van der Waals surface area contributed by atoms with Gasteiger partial charge < -0.3 is 9.73 Å². The third-order valence-corrected chi connectivity index (χ3v) is 4.58. The Balaban J connectivity index is 1.45. The quantitative estimate of drug-likeness (QED) is 0.884. The van der Waals surface area contributed by atoms with Crippen LogP contribution in [-0.2, 0) is 6.54 Å². The van der Waals surface area contributed by atoms with Gasteiger partial charge in [-0.2, -0.15) is 5.10 Å². The number of rotatable bonds is 6. The molecule has 0 spiro atoms. The van der Waals surface area contributed by atoms with Gasteiger partial charge in [0.2, 0.25) is 0 Å². The first-order valence-corrected chi connectivity index (χ1v) is 8.60. The van der Waals surface area contributed by atoms with Gasteiger partial charge in [0.15, 0.2) is 5.76 Å². The van der Waals surface area contributed by atoms with Crippen molar-refractivity contribution in [2.24, 2.45) is 5.92 Å². The second-order valence-corrected chi connectivity index (χ2v) is 6.95. The average molecular weight is 330 g/mol. The molecule has 6 heteroatoms. The zero-order valence-electron chi connectivity index (χ0n) is 14.7. The molecule has 6 nitrogen and oxygen atoms in total. The van der Waals surface area contributed by atoms with Gasteiger partial charge in [0.25, 0.3) is 5.91 Å². The Kier molecular flexibility index (Phi) is 5.04. The van der Waals surface area contributed by atoms with Crippen molar-refractivity contribution in [2.75, 3.05) is 19.6 Å². The van der Waals surface area contributed by atoms with Crippen LogP contribution in [0.5, 0.6) is 0 Å². The fourth-order valence-corrected chi connectivity index (χ4v) is 3.15. The van der Waals surface area contributed by atoms with E-state index in [1.807, 2.05) is 23.9 Å². The summed E-state index contributed by atoms with van der Waals surface area (Å²) in [5.41, 5.74) is 2.13. The van der Waals surface area contributed by atoms with Gasteiger partial charge >= 0.3 is 0 Å². The first-order valence-electron chi connectivity index (χ1n) is 8.60. The highest BCUT2D eigenvalue weighted by Gasteiger charge is 2.24.